The van der Waals surface area contributed by atoms with Gasteiger partial charge in [-0.25, -0.2) is 4.98 Å². The number of carbonyl (C=O) groups is 1. The van der Waals surface area contributed by atoms with Crippen LogP contribution in [-0.2, 0) is 17.8 Å². The lowest BCUT2D eigenvalue weighted by Crippen LogP contribution is -2.03. The first-order chi connectivity index (χ1) is 7.79. The Balaban J connectivity index is 2.11. The van der Waals surface area contributed by atoms with Crippen molar-refractivity contribution in [1.82, 2.24) is 9.55 Å². The van der Waals surface area contributed by atoms with Gasteiger partial charge in [-0.3, -0.25) is 4.79 Å². The second-order valence-corrected chi connectivity index (χ2v) is 4.28. The van der Waals surface area contributed by atoms with E-state index in [2.05, 4.69) is 16.5 Å². The quantitative estimate of drug-likeness (QED) is 0.781. The van der Waals surface area contributed by atoms with E-state index >= 15 is 0 Å². The first-order valence-corrected chi connectivity index (χ1v) is 6.02. The number of carbonyl (C=O) groups excluding carboxylic acids is 1. The van der Waals surface area contributed by atoms with E-state index < -0.39 is 0 Å². The first kappa shape index (κ1) is 11.1. The van der Waals surface area contributed by atoms with Crippen molar-refractivity contribution in [3.05, 3.63) is 29.9 Å². The molecule has 16 heavy (non-hydrogen) atoms. The van der Waals surface area contributed by atoms with E-state index in [1.54, 1.807) is 0 Å². The van der Waals surface area contributed by atoms with Crippen LogP contribution in [0.4, 0.5) is 0 Å². The maximum absolute atomic E-state index is 11.5. The molecule has 0 atom stereocenters. The summed E-state index contributed by atoms with van der Waals surface area (Å²) in [6, 6.07) is 0. The molecule has 0 saturated carbocycles. The van der Waals surface area contributed by atoms with Gasteiger partial charge in [-0.1, -0.05) is 5.57 Å². The van der Waals surface area contributed by atoms with Crippen molar-refractivity contribution in [3.8, 4) is 0 Å². The average molecular weight is 218 g/mol. The Morgan fingerprint density at radius 1 is 1.38 bits per heavy atom. The minimum Gasteiger partial charge on any atom is -0.335 e. The lowest BCUT2D eigenvalue weighted by atomic mass is 10.1. The monoisotopic (exact) mass is 218 g/mol. The lowest BCUT2D eigenvalue weighted by Gasteiger charge is -2.06. The van der Waals surface area contributed by atoms with Gasteiger partial charge in [0.15, 0.2) is 5.78 Å². The molecular weight excluding hydrogens is 200 g/mol. The zero-order chi connectivity index (χ0) is 11.4. The molecule has 1 aliphatic rings. The lowest BCUT2D eigenvalue weighted by molar-refractivity contribution is -0.114. The topological polar surface area (TPSA) is 34.9 Å². The molecule has 0 saturated heterocycles. The van der Waals surface area contributed by atoms with Crippen LogP contribution in [0, 0.1) is 0 Å². The van der Waals surface area contributed by atoms with Crippen molar-refractivity contribution in [1.29, 1.82) is 0 Å². The van der Waals surface area contributed by atoms with Crippen LogP contribution in [0.2, 0.25) is 0 Å². The fourth-order valence-electron chi connectivity index (χ4n) is 2.16. The molecule has 3 nitrogen and oxygen atoms in total. The molecule has 0 aliphatic heterocycles. The fraction of sp³-hybridized carbons (Fsp3) is 0.538. The van der Waals surface area contributed by atoms with Gasteiger partial charge in [-0.2, -0.15) is 0 Å². The van der Waals surface area contributed by atoms with Crippen LogP contribution < -0.4 is 0 Å². The van der Waals surface area contributed by atoms with E-state index in [0.29, 0.717) is 6.42 Å². The maximum atomic E-state index is 11.5. The van der Waals surface area contributed by atoms with Crippen molar-refractivity contribution in [2.75, 3.05) is 0 Å². The SMILES string of the molecule is CCn1ccnc1CC1=CC(=O)CCCC1. The third-order valence-electron chi connectivity index (χ3n) is 3.06. The number of rotatable bonds is 3. The molecule has 1 aromatic rings. The van der Waals surface area contributed by atoms with Crippen LogP contribution in [0.1, 0.15) is 38.4 Å². The number of hydrogen-bond acceptors (Lipinski definition) is 2. The Kier molecular flexibility index (Phi) is 3.54. The van der Waals surface area contributed by atoms with Gasteiger partial charge < -0.3 is 4.57 Å². The third-order valence-corrected chi connectivity index (χ3v) is 3.06. The molecule has 0 N–H and O–H groups in total. The minimum atomic E-state index is 0.280. The highest BCUT2D eigenvalue weighted by atomic mass is 16.1. The molecule has 0 unspecified atom stereocenters. The van der Waals surface area contributed by atoms with E-state index in [-0.39, 0.29) is 5.78 Å². The molecule has 86 valence electrons. The van der Waals surface area contributed by atoms with Gasteiger partial charge in [0.05, 0.1) is 0 Å². The van der Waals surface area contributed by atoms with Crippen LogP contribution in [0.25, 0.3) is 0 Å². The Morgan fingerprint density at radius 3 is 3.00 bits per heavy atom. The maximum Gasteiger partial charge on any atom is 0.155 e. The smallest absolute Gasteiger partial charge is 0.155 e. The molecule has 0 amide bonds. The highest BCUT2D eigenvalue weighted by Gasteiger charge is 2.11. The molecule has 0 radical (unpaired) electrons. The highest BCUT2D eigenvalue weighted by Crippen LogP contribution is 2.18. The number of allylic oxidation sites excluding steroid dienone is 2. The predicted molar refractivity (Wildman–Crippen MR) is 63.2 cm³/mol. The van der Waals surface area contributed by atoms with Gasteiger partial charge >= 0.3 is 0 Å². The zero-order valence-electron chi connectivity index (χ0n) is 9.78. The Morgan fingerprint density at radius 2 is 2.19 bits per heavy atom. The number of aromatic nitrogens is 2. The molecule has 1 heterocycles. The second-order valence-electron chi connectivity index (χ2n) is 4.28. The highest BCUT2D eigenvalue weighted by molar-refractivity contribution is 5.90. The van der Waals surface area contributed by atoms with Gasteiger partial charge in [0.25, 0.3) is 0 Å². The second kappa shape index (κ2) is 5.10. The van der Waals surface area contributed by atoms with Gasteiger partial charge in [0, 0.05) is 31.8 Å². The summed E-state index contributed by atoms with van der Waals surface area (Å²) < 4.78 is 2.14. The Bertz CT molecular complexity index is 404. The van der Waals surface area contributed by atoms with Gasteiger partial charge in [-0.05, 0) is 32.3 Å². The number of hydrogen-bond donors (Lipinski definition) is 0. The minimum absolute atomic E-state index is 0.280. The summed E-state index contributed by atoms with van der Waals surface area (Å²) >= 11 is 0. The Labute approximate surface area is 96.2 Å². The van der Waals surface area contributed by atoms with Crippen molar-refractivity contribution >= 4 is 5.78 Å². The van der Waals surface area contributed by atoms with E-state index in [1.165, 1.54) is 5.57 Å². The number of nitrogens with zero attached hydrogens (tertiary/aromatic N) is 2. The molecule has 0 spiro atoms. The van der Waals surface area contributed by atoms with Crippen molar-refractivity contribution < 1.29 is 4.79 Å². The summed E-state index contributed by atoms with van der Waals surface area (Å²) in [7, 11) is 0. The van der Waals surface area contributed by atoms with Crippen LogP contribution in [0.5, 0.6) is 0 Å². The van der Waals surface area contributed by atoms with E-state index in [1.807, 2.05) is 18.5 Å². The molecule has 0 bridgehead atoms. The summed E-state index contributed by atoms with van der Waals surface area (Å²) in [5, 5.41) is 0. The Hall–Kier alpha value is -1.38. The summed E-state index contributed by atoms with van der Waals surface area (Å²) in [6.07, 6.45) is 10.4. The van der Waals surface area contributed by atoms with E-state index in [0.717, 1.165) is 38.1 Å². The summed E-state index contributed by atoms with van der Waals surface area (Å²) in [4.78, 5) is 15.8. The number of aryl methyl sites for hydroxylation is 1. The van der Waals surface area contributed by atoms with Gasteiger partial charge in [0.2, 0.25) is 0 Å². The standard InChI is InChI=1S/C13H18N2O/c1-2-15-8-7-14-13(15)10-11-5-3-4-6-12(16)9-11/h7-9H,2-6,10H2,1H3. The van der Waals surface area contributed by atoms with Crippen molar-refractivity contribution in [2.24, 2.45) is 0 Å². The van der Waals surface area contributed by atoms with Crippen LogP contribution >= 0.6 is 0 Å². The van der Waals surface area contributed by atoms with Crippen LogP contribution in [0.3, 0.4) is 0 Å². The number of imidazole rings is 1. The molecule has 1 aliphatic carbocycles. The van der Waals surface area contributed by atoms with Crippen LogP contribution in [-0.4, -0.2) is 15.3 Å². The van der Waals surface area contributed by atoms with Crippen molar-refractivity contribution in [3.63, 3.8) is 0 Å². The first-order valence-electron chi connectivity index (χ1n) is 6.02. The van der Waals surface area contributed by atoms with E-state index in [4.69, 9.17) is 0 Å². The zero-order valence-corrected chi connectivity index (χ0v) is 9.78. The molecule has 0 aromatic carbocycles. The van der Waals surface area contributed by atoms with Crippen molar-refractivity contribution in [2.45, 2.75) is 45.6 Å². The third kappa shape index (κ3) is 2.60. The molecule has 0 fully saturated rings. The predicted octanol–water partition coefficient (Wildman–Crippen LogP) is 2.52. The normalized spacial score (nSPS) is 17.1. The average Bonchev–Trinajstić information content (AvgIpc) is 2.61. The van der Waals surface area contributed by atoms with Gasteiger partial charge in [-0.15, -0.1) is 0 Å². The largest absolute Gasteiger partial charge is 0.335 e. The molecular formula is C13H18N2O. The summed E-state index contributed by atoms with van der Waals surface area (Å²) in [5.41, 5.74) is 1.24. The summed E-state index contributed by atoms with van der Waals surface area (Å²) in [5.74, 6) is 1.35. The molecule has 3 heteroatoms. The number of ketones is 1. The molecule has 1 aromatic heterocycles. The molecule has 2 rings (SSSR count). The summed E-state index contributed by atoms with van der Waals surface area (Å²) in [6.45, 7) is 3.05. The van der Waals surface area contributed by atoms with Crippen LogP contribution in [0.15, 0.2) is 24.0 Å². The fourth-order valence-corrected chi connectivity index (χ4v) is 2.16. The van der Waals surface area contributed by atoms with E-state index in [9.17, 15) is 4.79 Å². The van der Waals surface area contributed by atoms with Gasteiger partial charge in [0.1, 0.15) is 5.82 Å².